The molecule has 4 heteroatoms. The highest BCUT2D eigenvalue weighted by Gasteiger charge is 2.24. The molecule has 1 unspecified atom stereocenters. The molecule has 0 bridgehead atoms. The number of carbonyl (C=O) groups excluding carboxylic acids is 1. The first-order valence-electron chi connectivity index (χ1n) is 7.54. The van der Waals surface area contributed by atoms with E-state index in [2.05, 4.69) is 29.6 Å². The summed E-state index contributed by atoms with van der Waals surface area (Å²) in [6.45, 7) is 2.31. The van der Waals surface area contributed by atoms with Crippen LogP contribution in [0.3, 0.4) is 0 Å². The molecule has 1 amide bonds. The van der Waals surface area contributed by atoms with Gasteiger partial charge >= 0.3 is 0 Å². The van der Waals surface area contributed by atoms with Gasteiger partial charge in [0.1, 0.15) is 0 Å². The van der Waals surface area contributed by atoms with E-state index in [1.54, 1.807) is 24.3 Å². The van der Waals surface area contributed by atoms with E-state index in [0.717, 1.165) is 26.1 Å². The van der Waals surface area contributed by atoms with E-state index >= 15 is 0 Å². The number of rotatable bonds is 3. The van der Waals surface area contributed by atoms with Crippen molar-refractivity contribution in [3.8, 4) is 0 Å². The van der Waals surface area contributed by atoms with Crippen molar-refractivity contribution in [1.29, 1.82) is 0 Å². The van der Waals surface area contributed by atoms with Gasteiger partial charge in [0.2, 0.25) is 0 Å². The molecular weight excluding hydrogens is 296 g/mol. The van der Waals surface area contributed by atoms with Crippen LogP contribution < -0.4 is 5.32 Å². The molecule has 0 spiro atoms. The van der Waals surface area contributed by atoms with Gasteiger partial charge in [0.15, 0.2) is 0 Å². The predicted molar refractivity (Wildman–Crippen MR) is 89.3 cm³/mol. The molecule has 0 radical (unpaired) electrons. The van der Waals surface area contributed by atoms with Crippen LogP contribution in [0.4, 0.5) is 0 Å². The quantitative estimate of drug-likeness (QED) is 0.944. The first-order chi connectivity index (χ1) is 10.7. The summed E-state index contributed by atoms with van der Waals surface area (Å²) in [5, 5.41) is 4.15. The van der Waals surface area contributed by atoms with E-state index in [1.165, 1.54) is 5.56 Å². The standard InChI is InChI=1S/C18H19ClN2O/c19-16-8-6-15(7-9-16)18(22)21-11-10-20-17(13-21)12-14-4-2-1-3-5-14/h1-9,17,20H,10-13H2. The lowest BCUT2D eigenvalue weighted by atomic mass is 10.0. The Hall–Kier alpha value is -1.84. The number of hydrogen-bond acceptors (Lipinski definition) is 2. The topological polar surface area (TPSA) is 32.3 Å². The van der Waals surface area contributed by atoms with Crippen molar-refractivity contribution >= 4 is 17.5 Å². The summed E-state index contributed by atoms with van der Waals surface area (Å²) >= 11 is 5.88. The van der Waals surface area contributed by atoms with Crippen molar-refractivity contribution in [3.63, 3.8) is 0 Å². The maximum absolute atomic E-state index is 12.6. The van der Waals surface area contributed by atoms with Gasteiger partial charge in [-0.25, -0.2) is 0 Å². The minimum absolute atomic E-state index is 0.0798. The van der Waals surface area contributed by atoms with Gasteiger partial charge in [0.25, 0.3) is 5.91 Å². The number of amides is 1. The van der Waals surface area contributed by atoms with Gasteiger partial charge in [-0.1, -0.05) is 41.9 Å². The summed E-state index contributed by atoms with van der Waals surface area (Å²) in [6, 6.07) is 17.8. The fraction of sp³-hybridized carbons (Fsp3) is 0.278. The van der Waals surface area contributed by atoms with Crippen molar-refractivity contribution in [2.45, 2.75) is 12.5 Å². The monoisotopic (exact) mass is 314 g/mol. The third-order valence-electron chi connectivity index (χ3n) is 3.96. The van der Waals surface area contributed by atoms with Crippen LogP contribution in [0, 0.1) is 0 Å². The summed E-state index contributed by atoms with van der Waals surface area (Å²) in [5.74, 6) is 0.0798. The number of hydrogen-bond donors (Lipinski definition) is 1. The summed E-state index contributed by atoms with van der Waals surface area (Å²) in [7, 11) is 0. The third-order valence-corrected chi connectivity index (χ3v) is 4.21. The second kappa shape index (κ2) is 6.95. The van der Waals surface area contributed by atoms with Crippen LogP contribution in [0.5, 0.6) is 0 Å². The van der Waals surface area contributed by atoms with Crippen LogP contribution in [0.2, 0.25) is 5.02 Å². The summed E-state index contributed by atoms with van der Waals surface area (Å²) in [4.78, 5) is 14.5. The molecule has 2 aromatic carbocycles. The average Bonchev–Trinajstić information content (AvgIpc) is 2.56. The number of nitrogens with zero attached hydrogens (tertiary/aromatic N) is 1. The van der Waals surface area contributed by atoms with Crippen molar-refractivity contribution in [2.75, 3.05) is 19.6 Å². The molecule has 1 aliphatic heterocycles. The molecule has 3 rings (SSSR count). The zero-order valence-corrected chi connectivity index (χ0v) is 13.1. The third kappa shape index (κ3) is 3.67. The molecule has 0 aromatic heterocycles. The number of carbonyl (C=O) groups is 1. The number of piperazine rings is 1. The fourth-order valence-electron chi connectivity index (χ4n) is 2.82. The predicted octanol–water partition coefficient (Wildman–Crippen LogP) is 3.00. The van der Waals surface area contributed by atoms with Crippen molar-refractivity contribution in [2.24, 2.45) is 0 Å². The Balaban J connectivity index is 1.65. The normalized spacial score (nSPS) is 18.2. The first-order valence-corrected chi connectivity index (χ1v) is 7.92. The second-order valence-electron chi connectivity index (χ2n) is 5.60. The number of benzene rings is 2. The van der Waals surface area contributed by atoms with Crippen LogP contribution in [0.1, 0.15) is 15.9 Å². The summed E-state index contributed by atoms with van der Waals surface area (Å²) < 4.78 is 0. The van der Waals surface area contributed by atoms with Gasteiger partial charge in [-0.3, -0.25) is 4.79 Å². The van der Waals surface area contributed by atoms with E-state index in [0.29, 0.717) is 16.6 Å². The smallest absolute Gasteiger partial charge is 0.253 e. The maximum Gasteiger partial charge on any atom is 0.253 e. The van der Waals surface area contributed by atoms with Crippen LogP contribution in [-0.2, 0) is 6.42 Å². The molecule has 1 heterocycles. The molecule has 0 aliphatic carbocycles. The Morgan fingerprint density at radius 2 is 1.86 bits per heavy atom. The molecular formula is C18H19ClN2O. The fourth-order valence-corrected chi connectivity index (χ4v) is 2.95. The lowest BCUT2D eigenvalue weighted by Gasteiger charge is -2.34. The van der Waals surface area contributed by atoms with Gasteiger partial charge in [-0.2, -0.15) is 0 Å². The van der Waals surface area contributed by atoms with Gasteiger partial charge < -0.3 is 10.2 Å². The minimum atomic E-state index is 0.0798. The Kier molecular flexibility index (Phi) is 4.76. The van der Waals surface area contributed by atoms with Gasteiger partial charge in [-0.15, -0.1) is 0 Å². The molecule has 1 aliphatic rings. The molecule has 0 saturated carbocycles. The van der Waals surface area contributed by atoms with E-state index in [4.69, 9.17) is 11.6 Å². The molecule has 2 aromatic rings. The molecule has 114 valence electrons. The van der Waals surface area contributed by atoms with E-state index < -0.39 is 0 Å². The molecule has 3 nitrogen and oxygen atoms in total. The van der Waals surface area contributed by atoms with Gasteiger partial charge in [0.05, 0.1) is 0 Å². The lowest BCUT2D eigenvalue weighted by Crippen LogP contribution is -2.53. The SMILES string of the molecule is O=C(c1ccc(Cl)cc1)N1CCNC(Cc2ccccc2)C1. The largest absolute Gasteiger partial charge is 0.336 e. The molecule has 1 atom stereocenters. The van der Waals surface area contributed by atoms with Crippen molar-refractivity contribution < 1.29 is 4.79 Å². The zero-order chi connectivity index (χ0) is 15.4. The molecule has 1 fully saturated rings. The maximum atomic E-state index is 12.6. The highest BCUT2D eigenvalue weighted by Crippen LogP contribution is 2.14. The Labute approximate surface area is 135 Å². The average molecular weight is 315 g/mol. The number of nitrogens with one attached hydrogen (secondary N) is 1. The first kappa shape index (κ1) is 15.1. The highest BCUT2D eigenvalue weighted by atomic mass is 35.5. The van der Waals surface area contributed by atoms with Crippen molar-refractivity contribution in [3.05, 3.63) is 70.7 Å². The Morgan fingerprint density at radius 3 is 2.59 bits per heavy atom. The van der Waals surface area contributed by atoms with Gasteiger partial charge in [0, 0.05) is 36.3 Å². The van der Waals surface area contributed by atoms with Crippen LogP contribution >= 0.6 is 11.6 Å². The van der Waals surface area contributed by atoms with Crippen molar-refractivity contribution in [1.82, 2.24) is 10.2 Å². The second-order valence-corrected chi connectivity index (χ2v) is 6.04. The molecule has 1 saturated heterocycles. The summed E-state index contributed by atoms with van der Waals surface area (Å²) in [5.41, 5.74) is 1.99. The number of halogens is 1. The van der Waals surface area contributed by atoms with Crippen LogP contribution in [0.15, 0.2) is 54.6 Å². The van der Waals surface area contributed by atoms with Crippen LogP contribution in [-0.4, -0.2) is 36.5 Å². The molecule has 1 N–H and O–H groups in total. The van der Waals surface area contributed by atoms with Crippen LogP contribution in [0.25, 0.3) is 0 Å². The molecule has 22 heavy (non-hydrogen) atoms. The minimum Gasteiger partial charge on any atom is -0.336 e. The Morgan fingerprint density at radius 1 is 1.14 bits per heavy atom. The van der Waals surface area contributed by atoms with E-state index in [9.17, 15) is 4.79 Å². The highest BCUT2D eigenvalue weighted by molar-refractivity contribution is 6.30. The lowest BCUT2D eigenvalue weighted by molar-refractivity contribution is 0.0703. The van der Waals surface area contributed by atoms with E-state index in [-0.39, 0.29) is 5.91 Å². The van der Waals surface area contributed by atoms with E-state index in [1.807, 2.05) is 11.0 Å². The Bertz CT molecular complexity index is 627. The van der Waals surface area contributed by atoms with Gasteiger partial charge in [-0.05, 0) is 36.2 Å². The summed E-state index contributed by atoms with van der Waals surface area (Å²) in [6.07, 6.45) is 0.936. The zero-order valence-electron chi connectivity index (χ0n) is 12.3.